The number of carbonyl (C=O) groups is 1. The maximum absolute atomic E-state index is 13.2. The van der Waals surface area contributed by atoms with Crippen LogP contribution in [0.5, 0.6) is 0 Å². The third kappa shape index (κ3) is 3.85. The van der Waals surface area contributed by atoms with E-state index in [1.165, 1.54) is 34.6 Å². The molecule has 0 bridgehead atoms. The van der Waals surface area contributed by atoms with Gasteiger partial charge in [0.25, 0.3) is 0 Å². The fourth-order valence-corrected chi connectivity index (χ4v) is 5.07. The lowest BCUT2D eigenvalue weighted by Gasteiger charge is -2.15. The quantitative estimate of drug-likeness (QED) is 0.640. The first-order valence-corrected chi connectivity index (χ1v) is 11.0. The molecule has 0 atom stereocenters. The molecule has 30 heavy (non-hydrogen) atoms. The van der Waals surface area contributed by atoms with Crippen molar-refractivity contribution in [3.05, 3.63) is 57.8 Å². The van der Waals surface area contributed by atoms with Crippen LogP contribution >= 0.6 is 11.6 Å². The van der Waals surface area contributed by atoms with Crippen molar-refractivity contribution in [3.63, 3.8) is 0 Å². The summed E-state index contributed by atoms with van der Waals surface area (Å²) in [5, 5.41) is 2.37. The molecule has 8 nitrogen and oxygen atoms in total. The van der Waals surface area contributed by atoms with Gasteiger partial charge in [-0.05, 0) is 43.2 Å². The Bertz CT molecular complexity index is 1300. The van der Waals surface area contributed by atoms with E-state index in [-0.39, 0.29) is 33.2 Å². The van der Waals surface area contributed by atoms with E-state index >= 15 is 0 Å². The van der Waals surface area contributed by atoms with Gasteiger partial charge in [-0.3, -0.25) is 9.36 Å². The van der Waals surface area contributed by atoms with Crippen molar-refractivity contribution in [2.45, 2.75) is 24.3 Å². The van der Waals surface area contributed by atoms with Crippen LogP contribution < -0.4 is 11.1 Å². The molecule has 0 aliphatic carbocycles. The van der Waals surface area contributed by atoms with Crippen LogP contribution in [0.3, 0.4) is 0 Å². The van der Waals surface area contributed by atoms with Crippen molar-refractivity contribution in [2.24, 2.45) is 0 Å². The monoisotopic (exact) mass is 453 g/mol. The zero-order valence-electron chi connectivity index (χ0n) is 15.6. The number of fused-ring (bicyclic) bond motifs is 1. The number of nitrogens with one attached hydrogen (secondary N) is 1. The van der Waals surface area contributed by atoms with Gasteiger partial charge in [0.2, 0.25) is 15.9 Å². The molecule has 2 heterocycles. The van der Waals surface area contributed by atoms with Crippen molar-refractivity contribution in [3.8, 4) is 0 Å². The molecule has 2 aromatic carbocycles. The Morgan fingerprint density at radius 3 is 2.60 bits per heavy atom. The number of oxazole rings is 1. The van der Waals surface area contributed by atoms with E-state index in [0.29, 0.717) is 13.1 Å². The molecule has 158 valence electrons. The van der Waals surface area contributed by atoms with Crippen LogP contribution in [-0.2, 0) is 21.4 Å². The molecule has 11 heteroatoms. The lowest BCUT2D eigenvalue weighted by atomic mass is 10.3. The van der Waals surface area contributed by atoms with E-state index in [2.05, 4.69) is 5.32 Å². The highest BCUT2D eigenvalue weighted by Gasteiger charge is 2.28. The van der Waals surface area contributed by atoms with E-state index in [1.54, 1.807) is 0 Å². The third-order valence-electron chi connectivity index (χ3n) is 4.85. The molecule has 1 aromatic heterocycles. The molecule has 4 rings (SSSR count). The number of rotatable bonds is 5. The number of aromatic nitrogens is 1. The van der Waals surface area contributed by atoms with Gasteiger partial charge in [0, 0.05) is 24.8 Å². The number of amides is 1. The third-order valence-corrected chi connectivity index (χ3v) is 7.03. The summed E-state index contributed by atoms with van der Waals surface area (Å²) in [6.45, 7) is 0.539. The number of benzene rings is 2. The molecule has 1 aliphatic rings. The van der Waals surface area contributed by atoms with Crippen molar-refractivity contribution in [1.29, 1.82) is 0 Å². The van der Waals surface area contributed by atoms with Crippen molar-refractivity contribution >= 4 is 44.3 Å². The average molecular weight is 454 g/mol. The van der Waals surface area contributed by atoms with Crippen LogP contribution in [0, 0.1) is 5.82 Å². The lowest BCUT2D eigenvalue weighted by molar-refractivity contribution is -0.116. The number of carbonyl (C=O) groups excluding carboxylic acids is 1. The smallest absolute Gasteiger partial charge is 0.408 e. The minimum atomic E-state index is -3.67. The molecule has 0 saturated carbocycles. The minimum Gasteiger partial charge on any atom is -0.408 e. The van der Waals surface area contributed by atoms with Gasteiger partial charge < -0.3 is 9.73 Å². The predicted octanol–water partition coefficient (Wildman–Crippen LogP) is 2.81. The maximum Gasteiger partial charge on any atom is 0.420 e. The van der Waals surface area contributed by atoms with Gasteiger partial charge in [-0.15, -0.1) is 0 Å². The highest BCUT2D eigenvalue weighted by molar-refractivity contribution is 7.89. The van der Waals surface area contributed by atoms with Gasteiger partial charge in [0.15, 0.2) is 5.58 Å². The molecule has 0 spiro atoms. The van der Waals surface area contributed by atoms with Gasteiger partial charge in [-0.25, -0.2) is 17.6 Å². The maximum atomic E-state index is 13.2. The second-order valence-corrected chi connectivity index (χ2v) is 9.22. The van der Waals surface area contributed by atoms with Crippen LogP contribution in [-0.4, -0.2) is 36.3 Å². The topological polar surface area (TPSA) is 102 Å². The summed E-state index contributed by atoms with van der Waals surface area (Å²) in [5.74, 6) is -1.98. The Labute approximate surface area is 175 Å². The highest BCUT2D eigenvalue weighted by atomic mass is 35.5. The van der Waals surface area contributed by atoms with Crippen molar-refractivity contribution in [2.75, 3.05) is 18.4 Å². The van der Waals surface area contributed by atoms with Gasteiger partial charge in [-0.1, -0.05) is 11.6 Å². The SMILES string of the molecule is O=C(Cn1c(=O)oc2cc(S(=O)(=O)N3CCCC3)ccc21)Nc1ccc(F)c(Cl)c1. The van der Waals surface area contributed by atoms with Crippen LogP contribution in [0.25, 0.3) is 11.1 Å². The number of hydrogen-bond acceptors (Lipinski definition) is 5. The number of nitrogens with zero attached hydrogens (tertiary/aromatic N) is 2. The number of sulfonamides is 1. The van der Waals surface area contributed by atoms with E-state index < -0.39 is 27.5 Å². The molecule has 1 fully saturated rings. The summed E-state index contributed by atoms with van der Waals surface area (Å²) in [7, 11) is -3.67. The molecular weight excluding hydrogens is 437 g/mol. The van der Waals surface area contributed by atoms with Crippen LogP contribution in [0.2, 0.25) is 5.02 Å². The number of anilines is 1. The van der Waals surface area contributed by atoms with E-state index in [9.17, 15) is 22.4 Å². The molecule has 3 aromatic rings. The molecular formula is C19H17ClFN3O5S. The molecule has 1 saturated heterocycles. The second kappa shape index (κ2) is 7.86. The number of halogens is 2. The molecule has 1 N–H and O–H groups in total. The van der Waals surface area contributed by atoms with Gasteiger partial charge in [-0.2, -0.15) is 4.31 Å². The summed E-state index contributed by atoms with van der Waals surface area (Å²) >= 11 is 5.69. The highest BCUT2D eigenvalue weighted by Crippen LogP contribution is 2.24. The Morgan fingerprint density at radius 2 is 1.90 bits per heavy atom. The van der Waals surface area contributed by atoms with E-state index in [4.69, 9.17) is 16.0 Å². The minimum absolute atomic E-state index is 0.0307. The van der Waals surface area contributed by atoms with E-state index in [1.807, 2.05) is 0 Å². The number of hydrogen-bond donors (Lipinski definition) is 1. The largest absolute Gasteiger partial charge is 0.420 e. The Balaban J connectivity index is 1.59. The molecule has 1 aliphatic heterocycles. The van der Waals surface area contributed by atoms with Crippen molar-refractivity contribution in [1.82, 2.24) is 8.87 Å². The summed E-state index contributed by atoms with van der Waals surface area (Å²) < 4.78 is 46.3. The first-order chi connectivity index (χ1) is 14.3. The molecule has 0 unspecified atom stereocenters. The van der Waals surface area contributed by atoms with Crippen LogP contribution in [0.4, 0.5) is 10.1 Å². The lowest BCUT2D eigenvalue weighted by Crippen LogP contribution is -2.27. The first kappa shape index (κ1) is 20.6. The zero-order chi connectivity index (χ0) is 21.5. The summed E-state index contributed by atoms with van der Waals surface area (Å²) in [6.07, 6.45) is 1.61. The van der Waals surface area contributed by atoms with Crippen LogP contribution in [0.1, 0.15) is 12.8 Å². The van der Waals surface area contributed by atoms with Gasteiger partial charge in [0.05, 0.1) is 15.4 Å². The summed E-state index contributed by atoms with van der Waals surface area (Å²) in [5.41, 5.74) is 0.622. The molecule has 0 radical (unpaired) electrons. The fraction of sp³-hybridized carbons (Fsp3) is 0.263. The van der Waals surface area contributed by atoms with Gasteiger partial charge >= 0.3 is 5.76 Å². The standard InChI is InChI=1S/C19H17ClFN3O5S/c20-14-9-12(3-5-15(14)21)22-18(25)11-24-16-6-4-13(10-17(16)29-19(24)26)30(27,28)23-7-1-2-8-23/h3-6,9-10H,1-2,7-8,11H2,(H,22,25). The normalized spacial score (nSPS) is 15.0. The summed E-state index contributed by atoms with van der Waals surface area (Å²) in [6, 6.07) is 7.81. The fourth-order valence-electron chi connectivity index (χ4n) is 3.35. The Morgan fingerprint density at radius 1 is 1.17 bits per heavy atom. The van der Waals surface area contributed by atoms with Crippen LogP contribution in [0.15, 0.2) is 50.5 Å². The van der Waals surface area contributed by atoms with E-state index in [0.717, 1.165) is 23.5 Å². The second-order valence-electron chi connectivity index (χ2n) is 6.87. The Kier molecular flexibility index (Phi) is 5.39. The zero-order valence-corrected chi connectivity index (χ0v) is 17.2. The summed E-state index contributed by atoms with van der Waals surface area (Å²) in [4.78, 5) is 24.6. The van der Waals surface area contributed by atoms with Crippen molar-refractivity contribution < 1.29 is 22.0 Å². The predicted molar refractivity (Wildman–Crippen MR) is 109 cm³/mol. The Hall–Kier alpha value is -2.69. The molecule has 1 amide bonds. The average Bonchev–Trinajstić information content (AvgIpc) is 3.34. The first-order valence-electron chi connectivity index (χ1n) is 9.14. The van der Waals surface area contributed by atoms with Gasteiger partial charge in [0.1, 0.15) is 12.4 Å².